The average Bonchev–Trinajstić information content (AvgIpc) is 3.11. The second kappa shape index (κ2) is 8.92. The van der Waals surface area contributed by atoms with Crippen LogP contribution in [0.4, 0.5) is 0 Å². The Hall–Kier alpha value is -2.52. The fourth-order valence-corrected chi connectivity index (χ4v) is 3.60. The highest BCUT2D eigenvalue weighted by Gasteiger charge is 2.15. The predicted molar refractivity (Wildman–Crippen MR) is 102 cm³/mol. The molecule has 1 N–H and O–H groups in total. The summed E-state index contributed by atoms with van der Waals surface area (Å²) in [5.74, 6) is 1.43. The Morgan fingerprint density at radius 2 is 2.00 bits per heavy atom. The molecule has 3 aromatic heterocycles. The Kier molecular flexibility index (Phi) is 6.36. The summed E-state index contributed by atoms with van der Waals surface area (Å²) in [5.41, 5.74) is 2.76. The van der Waals surface area contributed by atoms with Crippen LogP contribution in [-0.2, 0) is 21.3 Å². The van der Waals surface area contributed by atoms with E-state index in [0.29, 0.717) is 41.1 Å². The van der Waals surface area contributed by atoms with E-state index in [4.69, 9.17) is 14.2 Å². The molecule has 3 aromatic rings. The number of ether oxygens (including phenoxy) is 3. The molecule has 0 aliphatic carbocycles. The number of imidazole rings is 1. The molecule has 0 saturated heterocycles. The van der Waals surface area contributed by atoms with Gasteiger partial charge in [0.25, 0.3) is 0 Å². The number of nitrogens with one attached hydrogen (secondary N) is 1. The molecule has 0 aromatic carbocycles. The summed E-state index contributed by atoms with van der Waals surface area (Å²) in [6.07, 6.45) is 2.46. The Morgan fingerprint density at radius 1 is 1.15 bits per heavy atom. The van der Waals surface area contributed by atoms with E-state index >= 15 is 0 Å². The molecule has 3 rings (SSSR count). The first-order valence-corrected chi connectivity index (χ1v) is 9.79. The maximum Gasteiger partial charge on any atom is 0.215 e. The third-order valence-electron chi connectivity index (χ3n) is 4.00. The molecule has 0 bridgehead atoms. The van der Waals surface area contributed by atoms with Gasteiger partial charge in [0, 0.05) is 38.0 Å². The number of nitrogens with zero attached hydrogens (tertiary/aromatic N) is 3. The Bertz CT molecular complexity index is 944. The SMILES string of the molecule is COCCCOc1ccnc(CS(=O)c2nc3nc(OC)ccc3[nH]2)c1C. The molecular formula is C18H22N4O4S. The van der Waals surface area contributed by atoms with Crippen molar-refractivity contribution in [1.82, 2.24) is 19.9 Å². The lowest BCUT2D eigenvalue weighted by Crippen LogP contribution is -2.06. The number of methoxy groups -OCH3 is 2. The summed E-state index contributed by atoms with van der Waals surface area (Å²) < 4.78 is 28.6. The minimum atomic E-state index is -1.39. The van der Waals surface area contributed by atoms with Crippen molar-refractivity contribution in [1.29, 1.82) is 0 Å². The van der Waals surface area contributed by atoms with Crippen LogP contribution in [0.2, 0.25) is 0 Å². The van der Waals surface area contributed by atoms with E-state index in [1.807, 2.05) is 13.0 Å². The largest absolute Gasteiger partial charge is 0.493 e. The van der Waals surface area contributed by atoms with Crippen LogP contribution in [-0.4, -0.2) is 51.6 Å². The van der Waals surface area contributed by atoms with Crippen LogP contribution < -0.4 is 9.47 Å². The molecule has 27 heavy (non-hydrogen) atoms. The molecule has 3 heterocycles. The van der Waals surface area contributed by atoms with Gasteiger partial charge in [0.05, 0.1) is 41.5 Å². The molecule has 0 radical (unpaired) electrons. The van der Waals surface area contributed by atoms with Crippen molar-refractivity contribution in [3.05, 3.63) is 35.7 Å². The van der Waals surface area contributed by atoms with Crippen molar-refractivity contribution in [2.24, 2.45) is 0 Å². The quantitative estimate of drug-likeness (QED) is 0.560. The lowest BCUT2D eigenvalue weighted by molar-refractivity contribution is 0.172. The highest BCUT2D eigenvalue weighted by atomic mass is 32.2. The first-order chi connectivity index (χ1) is 13.1. The van der Waals surface area contributed by atoms with Crippen LogP contribution in [0.1, 0.15) is 17.7 Å². The summed E-state index contributed by atoms with van der Waals surface area (Å²) in [4.78, 5) is 16.0. The van der Waals surface area contributed by atoms with Gasteiger partial charge in [0.2, 0.25) is 5.88 Å². The number of aromatic nitrogens is 4. The lowest BCUT2D eigenvalue weighted by atomic mass is 10.2. The van der Waals surface area contributed by atoms with Crippen LogP contribution in [0.5, 0.6) is 11.6 Å². The minimum Gasteiger partial charge on any atom is -0.493 e. The monoisotopic (exact) mass is 390 g/mol. The van der Waals surface area contributed by atoms with E-state index in [0.717, 1.165) is 17.7 Å². The van der Waals surface area contributed by atoms with Crippen molar-refractivity contribution >= 4 is 22.0 Å². The highest BCUT2D eigenvalue weighted by Crippen LogP contribution is 2.22. The fourth-order valence-electron chi connectivity index (χ4n) is 2.51. The third kappa shape index (κ3) is 4.61. The van der Waals surface area contributed by atoms with E-state index in [-0.39, 0.29) is 5.75 Å². The predicted octanol–water partition coefficient (Wildman–Crippen LogP) is 2.39. The smallest absolute Gasteiger partial charge is 0.215 e. The van der Waals surface area contributed by atoms with Gasteiger partial charge in [-0.15, -0.1) is 0 Å². The molecule has 1 unspecified atom stereocenters. The van der Waals surface area contributed by atoms with Crippen LogP contribution >= 0.6 is 0 Å². The second-order valence-electron chi connectivity index (χ2n) is 5.83. The summed E-state index contributed by atoms with van der Waals surface area (Å²) in [7, 11) is 1.81. The normalized spacial score (nSPS) is 12.3. The number of aromatic amines is 1. The Labute approximate surface area is 159 Å². The number of fused-ring (bicyclic) bond motifs is 1. The van der Waals surface area contributed by atoms with Gasteiger partial charge in [-0.25, -0.2) is 4.98 Å². The maximum absolute atomic E-state index is 12.8. The van der Waals surface area contributed by atoms with Gasteiger partial charge in [-0.05, 0) is 19.1 Å². The molecular weight excluding hydrogens is 368 g/mol. The van der Waals surface area contributed by atoms with Crippen molar-refractivity contribution in [3.63, 3.8) is 0 Å². The van der Waals surface area contributed by atoms with Gasteiger partial charge < -0.3 is 19.2 Å². The number of hydrogen-bond donors (Lipinski definition) is 1. The first-order valence-electron chi connectivity index (χ1n) is 8.47. The van der Waals surface area contributed by atoms with E-state index in [1.165, 1.54) is 0 Å². The van der Waals surface area contributed by atoms with Gasteiger partial charge in [0.15, 0.2) is 10.8 Å². The number of H-pyrrole nitrogens is 1. The highest BCUT2D eigenvalue weighted by molar-refractivity contribution is 7.84. The number of pyridine rings is 2. The molecule has 0 fully saturated rings. The van der Waals surface area contributed by atoms with Gasteiger partial charge >= 0.3 is 0 Å². The third-order valence-corrected chi connectivity index (χ3v) is 5.16. The Balaban J connectivity index is 1.73. The summed E-state index contributed by atoms with van der Waals surface area (Å²) in [6, 6.07) is 5.34. The van der Waals surface area contributed by atoms with E-state index < -0.39 is 10.8 Å². The zero-order chi connectivity index (χ0) is 19.2. The van der Waals surface area contributed by atoms with Crippen molar-refractivity contribution in [2.45, 2.75) is 24.3 Å². The van der Waals surface area contributed by atoms with Crippen LogP contribution in [0.3, 0.4) is 0 Å². The molecule has 0 amide bonds. The van der Waals surface area contributed by atoms with Crippen LogP contribution in [0.15, 0.2) is 29.6 Å². The topological polar surface area (TPSA) is 99.2 Å². The van der Waals surface area contributed by atoms with Gasteiger partial charge in [-0.1, -0.05) is 0 Å². The first kappa shape index (κ1) is 19.2. The molecule has 0 aliphatic rings. The molecule has 144 valence electrons. The van der Waals surface area contributed by atoms with E-state index in [1.54, 1.807) is 32.5 Å². The van der Waals surface area contributed by atoms with E-state index in [2.05, 4.69) is 19.9 Å². The average molecular weight is 390 g/mol. The zero-order valence-electron chi connectivity index (χ0n) is 15.5. The molecule has 1 atom stereocenters. The molecule has 0 spiro atoms. The lowest BCUT2D eigenvalue weighted by Gasteiger charge is -2.11. The van der Waals surface area contributed by atoms with Gasteiger partial charge in [0.1, 0.15) is 5.75 Å². The molecule has 9 heteroatoms. The zero-order valence-corrected chi connectivity index (χ0v) is 16.3. The summed E-state index contributed by atoms with van der Waals surface area (Å²) in [5, 5.41) is 0.360. The molecule has 8 nitrogen and oxygen atoms in total. The fraction of sp³-hybridized carbons (Fsp3) is 0.389. The van der Waals surface area contributed by atoms with Crippen molar-refractivity contribution in [3.8, 4) is 11.6 Å². The van der Waals surface area contributed by atoms with Gasteiger partial charge in [-0.2, -0.15) is 4.98 Å². The number of rotatable bonds is 9. The number of hydrogen-bond acceptors (Lipinski definition) is 7. The van der Waals surface area contributed by atoms with Crippen molar-refractivity contribution in [2.75, 3.05) is 27.4 Å². The standard InChI is InChI=1S/C18H22N4O4S/c1-12-14(19-8-7-15(12)26-10-4-9-24-2)11-27(23)18-20-13-5-6-16(25-3)21-17(13)22-18/h5-8H,4,9-11H2,1-3H3,(H,20,21,22). The summed E-state index contributed by atoms with van der Waals surface area (Å²) in [6.45, 7) is 3.11. The Morgan fingerprint density at radius 3 is 2.78 bits per heavy atom. The van der Waals surface area contributed by atoms with Gasteiger partial charge in [-0.3, -0.25) is 9.19 Å². The maximum atomic E-state index is 12.8. The second-order valence-corrected chi connectivity index (χ2v) is 7.20. The van der Waals surface area contributed by atoms with Crippen LogP contribution in [0.25, 0.3) is 11.2 Å². The minimum absolute atomic E-state index is 0.234. The summed E-state index contributed by atoms with van der Waals surface area (Å²) >= 11 is 0. The molecule has 0 saturated carbocycles. The molecule has 0 aliphatic heterocycles. The van der Waals surface area contributed by atoms with E-state index in [9.17, 15) is 4.21 Å². The van der Waals surface area contributed by atoms with Crippen LogP contribution in [0, 0.1) is 6.92 Å². The van der Waals surface area contributed by atoms with Crippen molar-refractivity contribution < 1.29 is 18.4 Å².